The first-order valence-electron chi connectivity index (χ1n) is 4.17. The minimum Gasteiger partial charge on any atom is -0.479 e. The van der Waals surface area contributed by atoms with Gasteiger partial charge in [-0.3, -0.25) is 9.11 Å². The third-order valence-electron chi connectivity index (χ3n) is 1.51. The number of hydrogen-bond donors (Lipinski definition) is 8. The summed E-state index contributed by atoms with van der Waals surface area (Å²) >= 11 is 0. The van der Waals surface area contributed by atoms with Crippen LogP contribution in [0.5, 0.6) is 0 Å². The molecule has 0 radical (unpaired) electrons. The van der Waals surface area contributed by atoms with Crippen LogP contribution in [0.3, 0.4) is 0 Å². The summed E-state index contributed by atoms with van der Waals surface area (Å²) in [6, 6.07) is 0. The van der Waals surface area contributed by atoms with E-state index in [0.717, 1.165) is 0 Å². The van der Waals surface area contributed by atoms with Gasteiger partial charge < -0.3 is 30.6 Å². The van der Waals surface area contributed by atoms with Crippen LogP contribution < -0.4 is 0 Å². The second-order valence-electron chi connectivity index (χ2n) is 2.96. The molecule has 0 saturated heterocycles. The Labute approximate surface area is 142 Å². The molecule has 0 spiro atoms. The van der Waals surface area contributed by atoms with E-state index < -0.39 is 47.4 Å². The summed E-state index contributed by atoms with van der Waals surface area (Å²) in [7, 11) is -4.67. The molecular formula is C6H16MgO11SZn. The normalized spacial score (nSPS) is 16.1. The van der Waals surface area contributed by atoms with Gasteiger partial charge in [0.1, 0.15) is 18.3 Å². The Morgan fingerprint density at radius 3 is 1.50 bits per heavy atom. The molecular weight excluding hydrogens is 370 g/mol. The van der Waals surface area contributed by atoms with Crippen molar-refractivity contribution in [2.24, 2.45) is 0 Å². The van der Waals surface area contributed by atoms with Crippen molar-refractivity contribution in [1.29, 1.82) is 0 Å². The van der Waals surface area contributed by atoms with Crippen LogP contribution in [-0.2, 0) is 34.7 Å². The maximum atomic E-state index is 10.1. The SMILES string of the molecule is O=C(O)[C@H](O)[C@@H](O)[C@H](O)[C@H](O)CO.O=S(=O)(O)O.[MgH2].[Zn]. The molecule has 0 amide bonds. The number of aliphatic hydroxyl groups is 5. The van der Waals surface area contributed by atoms with Crippen LogP contribution in [0.25, 0.3) is 0 Å². The zero-order valence-electron chi connectivity index (χ0n) is 9.43. The van der Waals surface area contributed by atoms with Gasteiger partial charge in [-0.05, 0) is 0 Å². The van der Waals surface area contributed by atoms with Crippen molar-refractivity contribution in [3.05, 3.63) is 0 Å². The van der Waals surface area contributed by atoms with Gasteiger partial charge in [0.25, 0.3) is 0 Å². The maximum Gasteiger partial charge on any atom is 0.394 e. The molecule has 0 saturated carbocycles. The van der Waals surface area contributed by atoms with Crippen molar-refractivity contribution in [2.75, 3.05) is 6.61 Å². The predicted molar refractivity (Wildman–Crippen MR) is 61.5 cm³/mol. The first kappa shape index (κ1) is 28.7. The van der Waals surface area contributed by atoms with Gasteiger partial charge in [-0.25, -0.2) is 4.79 Å². The number of carboxylic acid groups (broad SMARTS) is 1. The van der Waals surface area contributed by atoms with E-state index in [1.165, 1.54) is 0 Å². The number of aliphatic carboxylic acids is 1. The standard InChI is InChI=1S/C6H12O7.Mg.H2O4S.Zn.2H/c7-1-2(8)3(9)4(10)5(11)6(12)13;;1-5(2,3)4;;;/h2-5,7-11H,1H2,(H,12,13);;(H2,1,2,3,4);;;/t2-,3-,4+,5-;;;;;/m1...../s1. The van der Waals surface area contributed by atoms with Crippen molar-refractivity contribution in [3.63, 3.8) is 0 Å². The Morgan fingerprint density at radius 1 is 1.00 bits per heavy atom. The van der Waals surface area contributed by atoms with Crippen molar-refractivity contribution in [3.8, 4) is 0 Å². The van der Waals surface area contributed by atoms with Crippen LogP contribution in [0.2, 0.25) is 0 Å². The molecule has 8 N–H and O–H groups in total. The molecule has 0 aromatic rings. The Bertz CT molecular complexity index is 341. The maximum absolute atomic E-state index is 10.1. The molecule has 0 aromatic heterocycles. The van der Waals surface area contributed by atoms with Crippen LogP contribution in [0.1, 0.15) is 0 Å². The fourth-order valence-corrected chi connectivity index (χ4v) is 0.668. The van der Waals surface area contributed by atoms with Crippen molar-refractivity contribution < 1.29 is 72.4 Å². The minimum atomic E-state index is -4.67. The second kappa shape index (κ2) is 13.2. The van der Waals surface area contributed by atoms with E-state index in [1.54, 1.807) is 0 Å². The Hall–Kier alpha value is 0.530. The van der Waals surface area contributed by atoms with Gasteiger partial charge in [-0.2, -0.15) is 8.42 Å². The number of carboxylic acids is 1. The first-order valence-corrected chi connectivity index (χ1v) is 5.57. The second-order valence-corrected chi connectivity index (χ2v) is 3.86. The van der Waals surface area contributed by atoms with Gasteiger partial charge in [0.15, 0.2) is 6.10 Å². The van der Waals surface area contributed by atoms with E-state index in [-0.39, 0.29) is 42.5 Å². The summed E-state index contributed by atoms with van der Waals surface area (Å²) in [6.45, 7) is -0.843. The molecule has 0 bridgehead atoms. The van der Waals surface area contributed by atoms with E-state index in [9.17, 15) is 4.79 Å². The molecule has 0 aliphatic heterocycles. The molecule has 0 aromatic carbocycles. The Kier molecular flexibility index (Phi) is 18.9. The molecule has 116 valence electrons. The molecule has 0 aliphatic carbocycles. The van der Waals surface area contributed by atoms with Gasteiger partial charge in [0, 0.05) is 19.5 Å². The molecule has 11 nitrogen and oxygen atoms in total. The molecule has 0 rings (SSSR count). The van der Waals surface area contributed by atoms with E-state index in [1.807, 2.05) is 0 Å². The van der Waals surface area contributed by atoms with Crippen molar-refractivity contribution in [1.82, 2.24) is 0 Å². The predicted octanol–water partition coefficient (Wildman–Crippen LogP) is -5.06. The van der Waals surface area contributed by atoms with Crippen LogP contribution in [0.4, 0.5) is 0 Å². The zero-order valence-corrected chi connectivity index (χ0v) is 13.2. The van der Waals surface area contributed by atoms with E-state index in [0.29, 0.717) is 0 Å². The Balaban J connectivity index is -0.000000158. The molecule has 4 atom stereocenters. The number of rotatable bonds is 5. The number of aliphatic hydroxyl groups excluding tert-OH is 5. The van der Waals surface area contributed by atoms with E-state index in [4.69, 9.17) is 48.2 Å². The summed E-state index contributed by atoms with van der Waals surface area (Å²) < 4.78 is 31.6. The molecule has 20 heavy (non-hydrogen) atoms. The van der Waals surface area contributed by atoms with Crippen molar-refractivity contribution in [2.45, 2.75) is 24.4 Å². The number of carbonyl (C=O) groups is 1. The average Bonchev–Trinajstić information content (AvgIpc) is 2.22. The fourth-order valence-electron chi connectivity index (χ4n) is 0.668. The average molecular weight is 386 g/mol. The topological polar surface area (TPSA) is 213 Å². The van der Waals surface area contributed by atoms with E-state index >= 15 is 0 Å². The van der Waals surface area contributed by atoms with Crippen LogP contribution in [-0.4, -0.2) is 108 Å². The van der Waals surface area contributed by atoms with Crippen LogP contribution in [0.15, 0.2) is 0 Å². The van der Waals surface area contributed by atoms with Crippen molar-refractivity contribution >= 4 is 39.4 Å². The molecule has 0 aliphatic rings. The first-order chi connectivity index (χ1) is 7.91. The summed E-state index contributed by atoms with van der Waals surface area (Å²) in [5, 5.41) is 51.8. The minimum absolute atomic E-state index is 0. The zero-order chi connectivity index (χ0) is 15.1. The smallest absolute Gasteiger partial charge is 0.394 e. The molecule has 0 heterocycles. The summed E-state index contributed by atoms with van der Waals surface area (Å²) in [5.74, 6) is -1.73. The number of hydrogen-bond acceptors (Lipinski definition) is 8. The molecule has 0 unspecified atom stereocenters. The van der Waals surface area contributed by atoms with Gasteiger partial charge in [-0.1, -0.05) is 0 Å². The van der Waals surface area contributed by atoms with E-state index in [2.05, 4.69) is 0 Å². The largest absolute Gasteiger partial charge is 0.479 e. The van der Waals surface area contributed by atoms with Gasteiger partial charge in [-0.15, -0.1) is 0 Å². The summed E-state index contributed by atoms with van der Waals surface area (Å²) in [5.41, 5.74) is 0. The fraction of sp³-hybridized carbons (Fsp3) is 0.833. The quantitative estimate of drug-likeness (QED) is 0.165. The molecule has 14 heteroatoms. The monoisotopic (exact) mass is 384 g/mol. The Morgan fingerprint density at radius 2 is 1.30 bits per heavy atom. The molecule has 0 fully saturated rings. The summed E-state index contributed by atoms with van der Waals surface area (Å²) in [4.78, 5) is 10.1. The van der Waals surface area contributed by atoms with Crippen LogP contribution >= 0.6 is 0 Å². The third kappa shape index (κ3) is 16.6. The van der Waals surface area contributed by atoms with Gasteiger partial charge in [0.05, 0.1) is 6.61 Å². The van der Waals surface area contributed by atoms with Gasteiger partial charge in [0.2, 0.25) is 0 Å². The van der Waals surface area contributed by atoms with Gasteiger partial charge >= 0.3 is 39.4 Å². The van der Waals surface area contributed by atoms with Crippen LogP contribution in [0, 0.1) is 0 Å². The summed E-state index contributed by atoms with van der Waals surface area (Å²) in [6.07, 6.45) is -7.84. The third-order valence-corrected chi connectivity index (χ3v) is 1.51.